The van der Waals surface area contributed by atoms with E-state index in [9.17, 15) is 4.79 Å². The van der Waals surface area contributed by atoms with Crippen LogP contribution >= 0.6 is 15.9 Å². The molecular formula is C14H14BrNO4. The highest BCUT2D eigenvalue weighted by Crippen LogP contribution is 2.31. The Morgan fingerprint density at radius 1 is 1.40 bits per heavy atom. The second-order valence-corrected chi connectivity index (χ2v) is 4.85. The average molecular weight is 340 g/mol. The van der Waals surface area contributed by atoms with Crippen molar-refractivity contribution < 1.29 is 19.0 Å². The Bertz CT molecular complexity index is 630. The van der Waals surface area contributed by atoms with E-state index in [1.54, 1.807) is 6.92 Å². The molecule has 1 heterocycles. The number of pyridine rings is 1. The number of fused-ring (bicyclic) bond motifs is 1. The van der Waals surface area contributed by atoms with Crippen molar-refractivity contribution in [3.63, 3.8) is 0 Å². The number of nitrogens with zero attached hydrogens (tertiary/aromatic N) is 1. The molecule has 5 nitrogen and oxygen atoms in total. The molecule has 0 spiro atoms. The Morgan fingerprint density at radius 3 is 2.90 bits per heavy atom. The zero-order chi connectivity index (χ0) is 14.5. The van der Waals surface area contributed by atoms with Gasteiger partial charge in [0.2, 0.25) is 0 Å². The third-order valence-electron chi connectivity index (χ3n) is 2.60. The summed E-state index contributed by atoms with van der Waals surface area (Å²) in [4.78, 5) is 16.2. The summed E-state index contributed by atoms with van der Waals surface area (Å²) >= 11 is 3.40. The zero-order valence-corrected chi connectivity index (χ0v) is 12.8. The molecule has 0 radical (unpaired) electrons. The Morgan fingerprint density at radius 2 is 2.20 bits per heavy atom. The van der Waals surface area contributed by atoms with Crippen molar-refractivity contribution in [1.29, 1.82) is 0 Å². The summed E-state index contributed by atoms with van der Waals surface area (Å²) in [5, 5.41) is 0.724. The summed E-state index contributed by atoms with van der Waals surface area (Å²) in [5.74, 6) is -0.0513. The van der Waals surface area contributed by atoms with Gasteiger partial charge < -0.3 is 14.2 Å². The number of ether oxygens (including phenoxy) is 3. The van der Waals surface area contributed by atoms with Crippen molar-refractivity contribution >= 4 is 32.8 Å². The zero-order valence-electron chi connectivity index (χ0n) is 11.2. The van der Waals surface area contributed by atoms with Gasteiger partial charge in [0, 0.05) is 23.2 Å². The molecular weight excluding hydrogens is 326 g/mol. The summed E-state index contributed by atoms with van der Waals surface area (Å²) in [6.07, 6.45) is 1.46. The first-order chi connectivity index (χ1) is 9.67. The minimum absolute atomic E-state index is 0.0397. The van der Waals surface area contributed by atoms with Crippen LogP contribution in [0.3, 0.4) is 0 Å². The number of hydrogen-bond acceptors (Lipinski definition) is 5. The molecule has 0 saturated carbocycles. The molecule has 2 aromatic rings. The summed E-state index contributed by atoms with van der Waals surface area (Å²) in [6, 6.07) is 5.56. The van der Waals surface area contributed by atoms with Crippen LogP contribution in [-0.2, 0) is 9.47 Å². The second-order valence-electron chi connectivity index (χ2n) is 3.93. The van der Waals surface area contributed by atoms with Gasteiger partial charge in [-0.2, -0.15) is 0 Å². The van der Waals surface area contributed by atoms with Crippen LogP contribution in [0.4, 0.5) is 0 Å². The fourth-order valence-corrected chi connectivity index (χ4v) is 2.13. The maximum absolute atomic E-state index is 12.0. The number of carbonyl (C=O) groups is 1. The molecule has 0 fully saturated rings. The summed E-state index contributed by atoms with van der Waals surface area (Å²) < 4.78 is 16.3. The van der Waals surface area contributed by atoms with E-state index in [0.717, 1.165) is 15.4 Å². The topological polar surface area (TPSA) is 57.7 Å². The molecule has 0 aliphatic rings. The monoisotopic (exact) mass is 339 g/mol. The van der Waals surface area contributed by atoms with Gasteiger partial charge in [-0.3, -0.25) is 4.98 Å². The van der Waals surface area contributed by atoms with E-state index in [1.807, 2.05) is 18.2 Å². The van der Waals surface area contributed by atoms with Crippen LogP contribution in [0.2, 0.25) is 0 Å². The molecule has 0 N–H and O–H groups in total. The van der Waals surface area contributed by atoms with Gasteiger partial charge in [0.05, 0.1) is 12.1 Å². The van der Waals surface area contributed by atoms with Crippen LogP contribution < -0.4 is 4.74 Å². The van der Waals surface area contributed by atoms with Gasteiger partial charge in [0.25, 0.3) is 0 Å². The fourth-order valence-electron chi connectivity index (χ4n) is 1.77. The smallest absolute Gasteiger partial charge is 0.343 e. The first kappa shape index (κ1) is 14.7. The third kappa shape index (κ3) is 3.08. The molecule has 0 atom stereocenters. The lowest BCUT2D eigenvalue weighted by Crippen LogP contribution is -2.10. The van der Waals surface area contributed by atoms with Gasteiger partial charge in [-0.25, -0.2) is 4.79 Å². The van der Waals surface area contributed by atoms with E-state index in [2.05, 4.69) is 20.9 Å². The molecule has 0 bridgehead atoms. The second kappa shape index (κ2) is 6.67. The van der Waals surface area contributed by atoms with Gasteiger partial charge in [-0.05, 0) is 25.1 Å². The van der Waals surface area contributed by atoms with Gasteiger partial charge in [-0.1, -0.05) is 15.9 Å². The van der Waals surface area contributed by atoms with Crippen LogP contribution in [0.25, 0.3) is 10.9 Å². The first-order valence-corrected chi connectivity index (χ1v) is 6.83. The summed E-state index contributed by atoms with van der Waals surface area (Å²) in [5.41, 5.74) is 1.02. The molecule has 1 aromatic carbocycles. The number of halogens is 1. The lowest BCUT2D eigenvalue weighted by molar-refractivity contribution is 0.0445. The van der Waals surface area contributed by atoms with Crippen LogP contribution in [0.15, 0.2) is 28.9 Å². The molecule has 0 aliphatic heterocycles. The van der Waals surface area contributed by atoms with Crippen molar-refractivity contribution in [2.24, 2.45) is 0 Å². The number of carbonyl (C=O) groups excluding carboxylic acids is 1. The number of rotatable bonds is 5. The Labute approximate surface area is 125 Å². The van der Waals surface area contributed by atoms with Crippen molar-refractivity contribution in [3.05, 3.63) is 34.4 Å². The van der Waals surface area contributed by atoms with Crippen molar-refractivity contribution in [2.75, 3.05) is 20.5 Å². The predicted molar refractivity (Wildman–Crippen MR) is 77.9 cm³/mol. The van der Waals surface area contributed by atoms with Crippen LogP contribution in [0.1, 0.15) is 17.3 Å². The lowest BCUT2D eigenvalue weighted by atomic mass is 10.1. The highest BCUT2D eigenvalue weighted by Gasteiger charge is 2.18. The van der Waals surface area contributed by atoms with Gasteiger partial charge in [0.1, 0.15) is 11.3 Å². The van der Waals surface area contributed by atoms with Crippen molar-refractivity contribution in [1.82, 2.24) is 4.98 Å². The van der Waals surface area contributed by atoms with E-state index in [-0.39, 0.29) is 12.4 Å². The third-order valence-corrected chi connectivity index (χ3v) is 3.09. The fraction of sp³-hybridized carbons (Fsp3) is 0.286. The van der Waals surface area contributed by atoms with Gasteiger partial charge >= 0.3 is 5.97 Å². The highest BCUT2D eigenvalue weighted by atomic mass is 79.9. The van der Waals surface area contributed by atoms with Crippen molar-refractivity contribution in [2.45, 2.75) is 6.92 Å². The molecule has 20 heavy (non-hydrogen) atoms. The molecule has 0 aliphatic carbocycles. The van der Waals surface area contributed by atoms with Gasteiger partial charge in [-0.15, -0.1) is 0 Å². The Kier molecular flexibility index (Phi) is 4.92. The number of hydrogen-bond donors (Lipinski definition) is 0. The molecule has 1 aromatic heterocycles. The molecule has 0 unspecified atom stereocenters. The molecule has 2 rings (SSSR count). The van der Waals surface area contributed by atoms with E-state index in [4.69, 9.17) is 14.2 Å². The van der Waals surface area contributed by atoms with E-state index >= 15 is 0 Å². The number of aromatic nitrogens is 1. The Hall–Kier alpha value is -1.66. The van der Waals surface area contributed by atoms with Crippen LogP contribution in [-0.4, -0.2) is 31.5 Å². The highest BCUT2D eigenvalue weighted by molar-refractivity contribution is 9.10. The molecule has 0 amide bonds. The SMILES string of the molecule is CCOC(=O)c1cnc2ccc(Br)cc2c1OCOC. The first-order valence-electron chi connectivity index (χ1n) is 6.04. The predicted octanol–water partition coefficient (Wildman–Crippen LogP) is 3.16. The van der Waals surface area contributed by atoms with E-state index in [1.165, 1.54) is 13.3 Å². The standard InChI is InChI=1S/C14H14BrNO4/c1-3-19-14(17)11-7-16-12-5-4-9(15)6-10(12)13(11)20-8-18-2/h4-7H,3,8H2,1-2H3. The number of methoxy groups -OCH3 is 1. The maximum atomic E-state index is 12.0. The number of benzene rings is 1. The van der Waals surface area contributed by atoms with E-state index < -0.39 is 5.97 Å². The van der Waals surface area contributed by atoms with Crippen molar-refractivity contribution in [3.8, 4) is 5.75 Å². The summed E-state index contributed by atoms with van der Waals surface area (Å²) in [7, 11) is 1.52. The molecule has 6 heteroatoms. The Balaban J connectivity index is 2.58. The quantitative estimate of drug-likeness (QED) is 0.618. The van der Waals surface area contributed by atoms with Crippen LogP contribution in [0, 0.1) is 0 Å². The lowest BCUT2D eigenvalue weighted by Gasteiger charge is -2.12. The normalized spacial score (nSPS) is 10.6. The average Bonchev–Trinajstić information content (AvgIpc) is 2.44. The maximum Gasteiger partial charge on any atom is 0.343 e. The van der Waals surface area contributed by atoms with Crippen LogP contribution in [0.5, 0.6) is 5.75 Å². The summed E-state index contributed by atoms with van der Waals surface area (Å²) in [6.45, 7) is 2.08. The minimum atomic E-state index is -0.465. The largest absolute Gasteiger partial charge is 0.466 e. The molecule has 0 saturated heterocycles. The van der Waals surface area contributed by atoms with E-state index in [0.29, 0.717) is 12.4 Å². The molecule has 106 valence electrons. The minimum Gasteiger partial charge on any atom is -0.466 e. The van der Waals surface area contributed by atoms with Gasteiger partial charge in [0.15, 0.2) is 6.79 Å². The number of esters is 1.